The van der Waals surface area contributed by atoms with Gasteiger partial charge in [-0.25, -0.2) is 0 Å². The van der Waals surface area contributed by atoms with E-state index in [1.54, 1.807) is 16.7 Å². The zero-order valence-electron chi connectivity index (χ0n) is 14.2. The first-order chi connectivity index (χ1) is 11.1. The minimum Gasteiger partial charge on any atom is -0.311 e. The molecule has 0 N–H and O–H groups in total. The molecule has 1 aliphatic rings. The molecule has 124 valence electrons. The van der Waals surface area contributed by atoms with Crippen LogP contribution in [-0.4, -0.2) is 23.5 Å². The van der Waals surface area contributed by atoms with Crippen LogP contribution in [0.3, 0.4) is 0 Å². The number of anilines is 1. The van der Waals surface area contributed by atoms with Crippen LogP contribution in [0.1, 0.15) is 49.7 Å². The van der Waals surface area contributed by atoms with Gasteiger partial charge in [-0.15, -0.1) is 11.8 Å². The Balaban J connectivity index is 2.04. The molecule has 0 spiro atoms. The molecule has 1 aliphatic carbocycles. The van der Waals surface area contributed by atoms with Crippen LogP contribution in [0.15, 0.2) is 18.2 Å². The number of amides is 1. The van der Waals surface area contributed by atoms with Gasteiger partial charge in [-0.3, -0.25) is 4.79 Å². The maximum absolute atomic E-state index is 12.7. The molecule has 1 amide bonds. The number of aryl methyl sites for hydroxylation is 2. The molecular formula is C19H26N2OS. The highest BCUT2D eigenvalue weighted by Gasteiger charge is 2.20. The number of hydrogen-bond acceptors (Lipinski definition) is 3. The molecule has 1 aromatic carbocycles. The van der Waals surface area contributed by atoms with E-state index < -0.39 is 0 Å². The zero-order chi connectivity index (χ0) is 16.7. The molecule has 0 aliphatic heterocycles. The van der Waals surface area contributed by atoms with E-state index in [2.05, 4.69) is 12.1 Å². The minimum atomic E-state index is 0.126. The molecule has 1 aromatic rings. The lowest BCUT2D eigenvalue weighted by Gasteiger charge is -2.25. The number of carbonyl (C=O) groups is 1. The maximum Gasteiger partial charge on any atom is 0.237 e. The molecule has 0 heterocycles. The summed E-state index contributed by atoms with van der Waals surface area (Å²) < 4.78 is 0. The highest BCUT2D eigenvalue weighted by Crippen LogP contribution is 2.29. The molecule has 2 rings (SSSR count). The Bertz CT molecular complexity index is 553. The van der Waals surface area contributed by atoms with Crippen LogP contribution in [0.2, 0.25) is 0 Å². The van der Waals surface area contributed by atoms with Crippen molar-refractivity contribution in [3.8, 4) is 6.07 Å². The molecule has 1 fully saturated rings. The van der Waals surface area contributed by atoms with E-state index in [9.17, 15) is 4.79 Å². The molecule has 0 unspecified atom stereocenters. The van der Waals surface area contributed by atoms with Crippen LogP contribution < -0.4 is 4.90 Å². The van der Waals surface area contributed by atoms with E-state index >= 15 is 0 Å². The van der Waals surface area contributed by atoms with Gasteiger partial charge in [-0.1, -0.05) is 25.3 Å². The van der Waals surface area contributed by atoms with E-state index in [0.717, 1.165) is 16.8 Å². The molecule has 0 radical (unpaired) electrons. The average Bonchev–Trinajstić information content (AvgIpc) is 2.53. The van der Waals surface area contributed by atoms with E-state index in [-0.39, 0.29) is 5.91 Å². The van der Waals surface area contributed by atoms with Gasteiger partial charge < -0.3 is 4.90 Å². The predicted octanol–water partition coefficient (Wildman–Crippen LogP) is 4.62. The number of nitrogens with zero attached hydrogens (tertiary/aromatic N) is 2. The Morgan fingerprint density at radius 2 is 1.87 bits per heavy atom. The summed E-state index contributed by atoms with van der Waals surface area (Å²) in [5.74, 6) is 0.643. The van der Waals surface area contributed by atoms with Gasteiger partial charge >= 0.3 is 0 Å². The second-order valence-corrected chi connectivity index (χ2v) is 7.66. The third-order valence-electron chi connectivity index (χ3n) is 4.26. The van der Waals surface area contributed by atoms with E-state index in [4.69, 9.17) is 5.26 Å². The van der Waals surface area contributed by atoms with Crippen molar-refractivity contribution >= 4 is 23.4 Å². The highest BCUT2D eigenvalue weighted by atomic mass is 32.2. The lowest BCUT2D eigenvalue weighted by molar-refractivity contribution is -0.116. The average molecular weight is 330 g/mol. The minimum absolute atomic E-state index is 0.126. The number of nitriles is 1. The molecular weight excluding hydrogens is 304 g/mol. The fourth-order valence-corrected chi connectivity index (χ4v) is 4.37. The van der Waals surface area contributed by atoms with Gasteiger partial charge in [0.05, 0.1) is 18.2 Å². The SMILES string of the molecule is Cc1cc(C)cc(N(CCC#N)C(=O)CSC2CCCCC2)c1. The van der Waals surface area contributed by atoms with Crippen molar-refractivity contribution in [2.45, 2.75) is 57.6 Å². The summed E-state index contributed by atoms with van der Waals surface area (Å²) in [6.45, 7) is 4.56. The lowest BCUT2D eigenvalue weighted by atomic mass is 10.0. The number of benzene rings is 1. The lowest BCUT2D eigenvalue weighted by Crippen LogP contribution is -2.34. The Hall–Kier alpha value is -1.47. The first-order valence-corrected chi connectivity index (χ1v) is 9.52. The van der Waals surface area contributed by atoms with Crippen LogP contribution in [0, 0.1) is 25.2 Å². The fourth-order valence-electron chi connectivity index (χ4n) is 3.16. The zero-order valence-corrected chi connectivity index (χ0v) is 15.0. The van der Waals surface area contributed by atoms with Gasteiger partial charge in [-0.05, 0) is 49.9 Å². The second kappa shape index (κ2) is 8.98. The molecule has 0 aromatic heterocycles. The standard InChI is InChI=1S/C19H26N2OS/c1-15-11-16(2)13-17(12-15)21(10-6-9-20)19(22)14-23-18-7-4-3-5-8-18/h11-13,18H,3-8,10,14H2,1-2H3. The van der Waals surface area contributed by atoms with Gasteiger partial charge in [-0.2, -0.15) is 5.26 Å². The Labute approximate surface area is 144 Å². The predicted molar refractivity (Wildman–Crippen MR) is 97.8 cm³/mol. The van der Waals surface area contributed by atoms with Crippen LogP contribution >= 0.6 is 11.8 Å². The third-order valence-corrected chi connectivity index (χ3v) is 5.62. The van der Waals surface area contributed by atoms with Gasteiger partial charge in [0.1, 0.15) is 0 Å². The summed E-state index contributed by atoms with van der Waals surface area (Å²) in [7, 11) is 0. The topological polar surface area (TPSA) is 44.1 Å². The van der Waals surface area contributed by atoms with Crippen LogP contribution in [0.4, 0.5) is 5.69 Å². The highest BCUT2D eigenvalue weighted by molar-refractivity contribution is 8.00. The number of carbonyl (C=O) groups excluding carboxylic acids is 1. The molecule has 4 heteroatoms. The van der Waals surface area contributed by atoms with Crippen molar-refractivity contribution in [3.63, 3.8) is 0 Å². The molecule has 0 atom stereocenters. The monoisotopic (exact) mass is 330 g/mol. The summed E-state index contributed by atoms with van der Waals surface area (Å²) in [4.78, 5) is 14.5. The van der Waals surface area contributed by atoms with Crippen LogP contribution in [0.25, 0.3) is 0 Å². The van der Waals surface area contributed by atoms with Gasteiger partial charge in [0.15, 0.2) is 0 Å². The first kappa shape index (κ1) is 17.9. The quantitative estimate of drug-likeness (QED) is 0.764. The first-order valence-electron chi connectivity index (χ1n) is 8.47. The smallest absolute Gasteiger partial charge is 0.237 e. The number of rotatable bonds is 6. The van der Waals surface area contributed by atoms with Crippen molar-refractivity contribution in [1.82, 2.24) is 0 Å². The molecule has 23 heavy (non-hydrogen) atoms. The Morgan fingerprint density at radius 3 is 2.48 bits per heavy atom. The normalized spacial score (nSPS) is 15.2. The summed E-state index contributed by atoms with van der Waals surface area (Å²) >= 11 is 1.80. The molecule has 3 nitrogen and oxygen atoms in total. The van der Waals surface area contributed by atoms with Crippen LogP contribution in [-0.2, 0) is 4.79 Å². The van der Waals surface area contributed by atoms with Gasteiger partial charge in [0.25, 0.3) is 0 Å². The van der Waals surface area contributed by atoms with E-state index in [1.807, 2.05) is 26.0 Å². The summed E-state index contributed by atoms with van der Waals surface area (Å²) in [5.41, 5.74) is 3.22. The largest absolute Gasteiger partial charge is 0.311 e. The Morgan fingerprint density at radius 1 is 1.22 bits per heavy atom. The van der Waals surface area contributed by atoms with Crippen molar-refractivity contribution in [2.24, 2.45) is 0 Å². The van der Waals surface area contributed by atoms with E-state index in [0.29, 0.717) is 24.0 Å². The molecule has 1 saturated carbocycles. The van der Waals surface area contributed by atoms with Crippen molar-refractivity contribution in [2.75, 3.05) is 17.2 Å². The second-order valence-electron chi connectivity index (χ2n) is 6.37. The fraction of sp³-hybridized carbons (Fsp3) is 0.579. The molecule has 0 saturated heterocycles. The summed E-state index contributed by atoms with van der Waals surface area (Å²) in [6.07, 6.45) is 6.76. The number of thioether (sulfide) groups is 1. The van der Waals surface area contributed by atoms with Gasteiger partial charge in [0, 0.05) is 17.5 Å². The van der Waals surface area contributed by atoms with Crippen LogP contribution in [0.5, 0.6) is 0 Å². The number of hydrogen-bond donors (Lipinski definition) is 0. The van der Waals surface area contributed by atoms with Gasteiger partial charge in [0.2, 0.25) is 5.91 Å². The Kier molecular flexibility index (Phi) is 6.98. The van der Waals surface area contributed by atoms with Crippen molar-refractivity contribution in [3.05, 3.63) is 29.3 Å². The van der Waals surface area contributed by atoms with Crippen molar-refractivity contribution < 1.29 is 4.79 Å². The summed E-state index contributed by atoms with van der Waals surface area (Å²) in [6, 6.07) is 8.33. The summed E-state index contributed by atoms with van der Waals surface area (Å²) in [5, 5.41) is 9.52. The third kappa shape index (κ3) is 5.58. The molecule has 0 bridgehead atoms. The van der Waals surface area contributed by atoms with E-state index in [1.165, 1.54) is 32.1 Å². The van der Waals surface area contributed by atoms with Crippen molar-refractivity contribution in [1.29, 1.82) is 5.26 Å². The maximum atomic E-state index is 12.7.